The Hall–Kier alpha value is -1.25. The van der Waals surface area contributed by atoms with Gasteiger partial charge in [0.1, 0.15) is 18.2 Å². The molecular formula is C14H25NO6S. The number of hydrogen-bond donors (Lipinski definition) is 3. The fraction of sp³-hybridized carbons (Fsp3) is 0.714. The van der Waals surface area contributed by atoms with E-state index in [-0.39, 0.29) is 24.7 Å². The van der Waals surface area contributed by atoms with Gasteiger partial charge in [0.05, 0.1) is 12.7 Å². The number of alkyl carbamates (subject to hydrolysis) is 1. The van der Waals surface area contributed by atoms with E-state index in [9.17, 15) is 14.7 Å². The fourth-order valence-electron chi connectivity index (χ4n) is 1.23. The van der Waals surface area contributed by atoms with E-state index >= 15 is 0 Å². The van der Waals surface area contributed by atoms with E-state index in [1.165, 1.54) is 17.8 Å². The van der Waals surface area contributed by atoms with Gasteiger partial charge in [-0.05, 0) is 20.8 Å². The molecule has 1 amide bonds. The van der Waals surface area contributed by atoms with Crippen molar-refractivity contribution in [3.63, 3.8) is 0 Å². The zero-order valence-electron chi connectivity index (χ0n) is 13.2. The van der Waals surface area contributed by atoms with Crippen LogP contribution in [0.3, 0.4) is 0 Å². The number of nitrogens with one attached hydrogen (secondary N) is 1. The third kappa shape index (κ3) is 10.5. The molecule has 2 atom stereocenters. The van der Waals surface area contributed by atoms with Crippen LogP contribution in [0.25, 0.3) is 0 Å². The lowest BCUT2D eigenvalue weighted by molar-refractivity contribution is -0.144. The highest BCUT2D eigenvalue weighted by Gasteiger charge is 2.25. The van der Waals surface area contributed by atoms with Crippen LogP contribution >= 0.6 is 11.8 Å². The number of carbonyl (C=O) groups excluding carboxylic acids is 2. The monoisotopic (exact) mass is 335 g/mol. The van der Waals surface area contributed by atoms with E-state index in [1.807, 2.05) is 0 Å². The van der Waals surface area contributed by atoms with Crippen LogP contribution in [0.15, 0.2) is 12.7 Å². The maximum atomic E-state index is 11.9. The summed E-state index contributed by atoms with van der Waals surface area (Å²) < 4.78 is 10.0. The minimum atomic E-state index is -0.911. The van der Waals surface area contributed by atoms with Gasteiger partial charge in [-0.15, -0.1) is 0 Å². The molecule has 0 rings (SSSR count). The van der Waals surface area contributed by atoms with E-state index in [2.05, 4.69) is 11.9 Å². The Kier molecular flexibility index (Phi) is 9.88. The number of amides is 1. The molecule has 8 heteroatoms. The molecule has 0 radical (unpaired) electrons. The van der Waals surface area contributed by atoms with Gasteiger partial charge in [0.25, 0.3) is 0 Å². The summed E-state index contributed by atoms with van der Waals surface area (Å²) in [5.74, 6) is -0.193. The number of esters is 1. The summed E-state index contributed by atoms with van der Waals surface area (Å²) in [5, 5.41) is 20.5. The first-order valence-electron chi connectivity index (χ1n) is 6.83. The van der Waals surface area contributed by atoms with E-state index < -0.39 is 29.8 Å². The summed E-state index contributed by atoms with van der Waals surface area (Å²) in [4.78, 5) is 23.6. The van der Waals surface area contributed by atoms with E-state index in [0.29, 0.717) is 0 Å². The standard InChI is InChI=1S/C14H25NO6S/c1-5-6-20-12(18)11(9-22-8-10(17)7-16)15-13(19)21-14(2,3)4/h5,10-11,16-17H,1,6-9H2,2-4H3,(H,15,19)/t10?,11-/m0/s1. The van der Waals surface area contributed by atoms with Gasteiger partial charge in [-0.3, -0.25) is 0 Å². The van der Waals surface area contributed by atoms with Crippen molar-refractivity contribution >= 4 is 23.8 Å². The van der Waals surface area contributed by atoms with Gasteiger partial charge in [0.15, 0.2) is 0 Å². The van der Waals surface area contributed by atoms with E-state index in [4.69, 9.17) is 14.6 Å². The number of ether oxygens (including phenoxy) is 2. The Balaban J connectivity index is 4.54. The minimum Gasteiger partial charge on any atom is -0.460 e. The van der Waals surface area contributed by atoms with Gasteiger partial charge in [-0.1, -0.05) is 12.7 Å². The highest BCUT2D eigenvalue weighted by atomic mass is 32.2. The molecule has 3 N–H and O–H groups in total. The molecule has 0 saturated carbocycles. The molecule has 0 aliphatic heterocycles. The van der Waals surface area contributed by atoms with Crippen molar-refractivity contribution in [3.8, 4) is 0 Å². The molecular weight excluding hydrogens is 310 g/mol. The van der Waals surface area contributed by atoms with Crippen molar-refractivity contribution in [3.05, 3.63) is 12.7 Å². The first-order chi connectivity index (χ1) is 10.2. The summed E-state index contributed by atoms with van der Waals surface area (Å²) >= 11 is 1.21. The number of thioether (sulfide) groups is 1. The Morgan fingerprint density at radius 1 is 1.36 bits per heavy atom. The SMILES string of the molecule is C=CCOC(=O)[C@H](CSCC(O)CO)NC(=O)OC(C)(C)C. The van der Waals surface area contributed by atoms with Crippen molar-refractivity contribution in [2.45, 2.75) is 38.5 Å². The van der Waals surface area contributed by atoms with Crippen LogP contribution in [-0.2, 0) is 14.3 Å². The largest absolute Gasteiger partial charge is 0.460 e. The molecule has 0 fully saturated rings. The lowest BCUT2D eigenvalue weighted by Gasteiger charge is -2.22. The predicted octanol–water partition coefficient (Wildman–Crippen LogP) is 0.695. The zero-order valence-corrected chi connectivity index (χ0v) is 14.0. The maximum Gasteiger partial charge on any atom is 0.408 e. The molecule has 22 heavy (non-hydrogen) atoms. The highest BCUT2D eigenvalue weighted by Crippen LogP contribution is 2.10. The molecule has 0 aromatic rings. The molecule has 1 unspecified atom stereocenters. The Labute approximate surface area is 135 Å². The maximum absolute atomic E-state index is 11.9. The second-order valence-electron chi connectivity index (χ2n) is 5.49. The summed E-state index contributed by atoms with van der Waals surface area (Å²) in [6.45, 7) is 8.25. The van der Waals surface area contributed by atoms with Crippen molar-refractivity contribution in [2.24, 2.45) is 0 Å². The summed E-state index contributed by atoms with van der Waals surface area (Å²) in [5.41, 5.74) is -0.681. The van der Waals surface area contributed by atoms with Gasteiger partial charge < -0.3 is 25.0 Å². The third-order valence-corrected chi connectivity index (χ3v) is 3.31. The van der Waals surface area contributed by atoms with Gasteiger partial charge in [0.2, 0.25) is 0 Å². The van der Waals surface area contributed by atoms with Crippen LogP contribution in [0.2, 0.25) is 0 Å². The van der Waals surface area contributed by atoms with Gasteiger partial charge in [-0.25, -0.2) is 9.59 Å². The third-order valence-electron chi connectivity index (χ3n) is 2.12. The molecule has 0 bridgehead atoms. The lowest BCUT2D eigenvalue weighted by atomic mass is 10.2. The number of aliphatic hydroxyl groups is 2. The fourth-order valence-corrected chi connectivity index (χ4v) is 2.20. The average molecular weight is 335 g/mol. The molecule has 0 spiro atoms. The van der Waals surface area contributed by atoms with Crippen LogP contribution in [0, 0.1) is 0 Å². The number of carbonyl (C=O) groups is 2. The molecule has 0 aromatic heterocycles. The highest BCUT2D eigenvalue weighted by molar-refractivity contribution is 7.99. The Bertz CT molecular complexity index is 369. The molecule has 128 valence electrons. The van der Waals surface area contributed by atoms with Crippen LogP contribution in [0.4, 0.5) is 4.79 Å². The lowest BCUT2D eigenvalue weighted by Crippen LogP contribution is -2.46. The normalized spacial score (nSPS) is 13.9. The predicted molar refractivity (Wildman–Crippen MR) is 84.7 cm³/mol. The zero-order chi connectivity index (χ0) is 17.2. The first kappa shape index (κ1) is 20.8. The van der Waals surface area contributed by atoms with Gasteiger partial charge >= 0.3 is 12.1 Å². The molecule has 0 aromatic carbocycles. The smallest absolute Gasteiger partial charge is 0.408 e. The first-order valence-corrected chi connectivity index (χ1v) is 7.98. The van der Waals surface area contributed by atoms with Crippen molar-refractivity contribution in [2.75, 3.05) is 24.7 Å². The number of aliphatic hydroxyl groups excluding tert-OH is 2. The molecule has 0 heterocycles. The second-order valence-corrected chi connectivity index (χ2v) is 6.57. The topological polar surface area (TPSA) is 105 Å². The quantitative estimate of drug-likeness (QED) is 0.421. The van der Waals surface area contributed by atoms with Gasteiger partial charge in [-0.2, -0.15) is 11.8 Å². The summed E-state index contributed by atoms with van der Waals surface area (Å²) in [7, 11) is 0. The molecule has 0 saturated heterocycles. The Morgan fingerprint density at radius 2 is 2.00 bits per heavy atom. The Morgan fingerprint density at radius 3 is 2.50 bits per heavy atom. The minimum absolute atomic E-state index is 0.0370. The summed E-state index contributed by atoms with van der Waals surface area (Å²) in [6, 6.07) is -0.911. The van der Waals surface area contributed by atoms with E-state index in [0.717, 1.165) is 0 Å². The summed E-state index contributed by atoms with van der Waals surface area (Å²) in [6.07, 6.45) is -0.182. The average Bonchev–Trinajstić information content (AvgIpc) is 2.41. The van der Waals surface area contributed by atoms with Crippen molar-refractivity contribution < 1.29 is 29.3 Å². The second kappa shape index (κ2) is 10.5. The van der Waals surface area contributed by atoms with Crippen LogP contribution in [-0.4, -0.2) is 64.7 Å². The number of hydrogen-bond acceptors (Lipinski definition) is 7. The number of rotatable bonds is 9. The molecule has 0 aliphatic carbocycles. The van der Waals surface area contributed by atoms with Crippen LogP contribution in [0.5, 0.6) is 0 Å². The van der Waals surface area contributed by atoms with Crippen molar-refractivity contribution in [1.82, 2.24) is 5.32 Å². The molecule has 7 nitrogen and oxygen atoms in total. The van der Waals surface area contributed by atoms with E-state index in [1.54, 1.807) is 20.8 Å². The molecule has 0 aliphatic rings. The van der Waals surface area contributed by atoms with Crippen molar-refractivity contribution in [1.29, 1.82) is 0 Å². The van der Waals surface area contributed by atoms with Crippen LogP contribution in [0.1, 0.15) is 20.8 Å². The van der Waals surface area contributed by atoms with Gasteiger partial charge in [0, 0.05) is 11.5 Å². The van der Waals surface area contributed by atoms with Crippen LogP contribution < -0.4 is 5.32 Å².